The Labute approximate surface area is 276 Å². The first-order valence-electron chi connectivity index (χ1n) is 19.5. The van der Waals surface area contributed by atoms with Crippen LogP contribution in [-0.2, 0) is 4.74 Å². The maximum absolute atomic E-state index is 10.9. The largest absolute Gasteiger partial charge is 0.365 e. The molecule has 1 aliphatic carbocycles. The third-order valence-corrected chi connectivity index (χ3v) is 9.89. The van der Waals surface area contributed by atoms with Crippen LogP contribution in [0.5, 0.6) is 0 Å². The van der Waals surface area contributed by atoms with Crippen molar-refractivity contribution in [2.24, 2.45) is 5.41 Å². The second-order valence-corrected chi connectivity index (χ2v) is 14.0. The first-order valence-corrected chi connectivity index (χ1v) is 19.5. The van der Waals surface area contributed by atoms with Crippen molar-refractivity contribution in [1.82, 2.24) is 0 Å². The van der Waals surface area contributed by atoms with Gasteiger partial charge in [-0.3, -0.25) is 0 Å². The smallest absolute Gasteiger partial charge is 0.165 e. The summed E-state index contributed by atoms with van der Waals surface area (Å²) in [6.45, 7) is 4.53. The van der Waals surface area contributed by atoms with E-state index in [1.165, 1.54) is 154 Å². The van der Waals surface area contributed by atoms with Crippen LogP contribution in [0.3, 0.4) is 0 Å². The van der Waals surface area contributed by atoms with Gasteiger partial charge < -0.3 is 9.84 Å². The van der Waals surface area contributed by atoms with E-state index >= 15 is 0 Å². The molecule has 0 radical (unpaired) electrons. The van der Waals surface area contributed by atoms with Crippen molar-refractivity contribution in [2.75, 3.05) is 7.11 Å². The van der Waals surface area contributed by atoms with Crippen molar-refractivity contribution in [1.29, 1.82) is 0 Å². The Balaban J connectivity index is 2.10. The first-order chi connectivity index (χ1) is 21.6. The quantitative estimate of drug-likeness (QED) is 0.0479. The molecule has 0 spiro atoms. The lowest BCUT2D eigenvalue weighted by atomic mass is 9.76. The fourth-order valence-corrected chi connectivity index (χ4v) is 6.93. The molecule has 44 heavy (non-hydrogen) atoms. The molecule has 0 aromatic heterocycles. The van der Waals surface area contributed by atoms with Crippen molar-refractivity contribution in [3.05, 3.63) is 48.6 Å². The molecule has 2 nitrogen and oxygen atoms in total. The zero-order chi connectivity index (χ0) is 31.9. The van der Waals surface area contributed by atoms with E-state index in [1.807, 2.05) is 0 Å². The Morgan fingerprint density at radius 1 is 0.477 bits per heavy atom. The van der Waals surface area contributed by atoms with Gasteiger partial charge in [0.15, 0.2) is 5.79 Å². The topological polar surface area (TPSA) is 29.5 Å². The minimum absolute atomic E-state index is 0.301. The Morgan fingerprint density at radius 2 is 0.841 bits per heavy atom. The highest BCUT2D eigenvalue weighted by molar-refractivity contribution is 4.95. The molecule has 2 heteroatoms. The summed E-state index contributed by atoms with van der Waals surface area (Å²) in [6.07, 6.45) is 55.4. The first kappa shape index (κ1) is 40.9. The van der Waals surface area contributed by atoms with Gasteiger partial charge in [-0.1, -0.05) is 152 Å². The summed E-state index contributed by atoms with van der Waals surface area (Å²) in [7, 11) is 1.69. The maximum atomic E-state index is 10.9. The Hall–Kier alpha value is -1.12. The molecule has 0 aliphatic heterocycles. The van der Waals surface area contributed by atoms with E-state index in [1.54, 1.807) is 7.11 Å². The van der Waals surface area contributed by atoms with Crippen LogP contribution in [-0.4, -0.2) is 18.0 Å². The van der Waals surface area contributed by atoms with E-state index in [-0.39, 0.29) is 0 Å². The summed E-state index contributed by atoms with van der Waals surface area (Å²) in [5.74, 6) is -0.878. The lowest BCUT2D eigenvalue weighted by Gasteiger charge is -2.31. The molecule has 0 bridgehead atoms. The van der Waals surface area contributed by atoms with Crippen LogP contribution in [0, 0.1) is 5.41 Å². The van der Waals surface area contributed by atoms with Crippen LogP contribution in [0.4, 0.5) is 0 Å². The van der Waals surface area contributed by atoms with Gasteiger partial charge in [-0.05, 0) is 88.9 Å². The highest BCUT2D eigenvalue weighted by atomic mass is 16.6. The summed E-state index contributed by atoms with van der Waals surface area (Å²) in [6, 6.07) is 0. The van der Waals surface area contributed by atoms with Crippen molar-refractivity contribution < 1.29 is 9.84 Å². The molecule has 0 heterocycles. The van der Waals surface area contributed by atoms with Gasteiger partial charge in [0, 0.05) is 20.0 Å². The number of aliphatic hydroxyl groups is 1. The van der Waals surface area contributed by atoms with E-state index in [4.69, 9.17) is 4.74 Å². The molecule has 0 saturated heterocycles. The number of hydrogen-bond donors (Lipinski definition) is 1. The normalized spacial score (nSPS) is 18.7. The monoisotopic (exact) mass is 613 g/mol. The summed E-state index contributed by atoms with van der Waals surface area (Å²) < 4.78 is 5.56. The molecule has 1 N–H and O–H groups in total. The van der Waals surface area contributed by atoms with Gasteiger partial charge in [0.05, 0.1) is 0 Å². The molecule has 1 atom stereocenters. The number of methoxy groups -OCH3 is 1. The average Bonchev–Trinajstić information content (AvgIpc) is 3.37. The molecule has 1 unspecified atom stereocenters. The Bertz CT molecular complexity index is 684. The van der Waals surface area contributed by atoms with Crippen molar-refractivity contribution >= 4 is 0 Å². The molecular formula is C42H76O2. The zero-order valence-electron chi connectivity index (χ0n) is 30.0. The molecule has 1 fully saturated rings. The molecule has 1 aliphatic rings. The van der Waals surface area contributed by atoms with Crippen LogP contribution in [0.25, 0.3) is 0 Å². The van der Waals surface area contributed by atoms with E-state index in [2.05, 4.69) is 62.5 Å². The minimum Gasteiger partial charge on any atom is -0.365 e. The number of ether oxygens (including phenoxy) is 1. The summed E-state index contributed by atoms with van der Waals surface area (Å²) in [4.78, 5) is 0. The third-order valence-electron chi connectivity index (χ3n) is 9.89. The maximum Gasteiger partial charge on any atom is 0.165 e. The predicted octanol–water partition coefficient (Wildman–Crippen LogP) is 13.9. The van der Waals surface area contributed by atoms with Crippen LogP contribution in [0.15, 0.2) is 48.6 Å². The molecule has 1 saturated carbocycles. The van der Waals surface area contributed by atoms with E-state index < -0.39 is 5.79 Å². The van der Waals surface area contributed by atoms with Gasteiger partial charge in [-0.2, -0.15) is 0 Å². The number of unbranched alkanes of at least 4 members (excludes halogenated alkanes) is 18. The second kappa shape index (κ2) is 29.3. The van der Waals surface area contributed by atoms with Crippen LogP contribution in [0.1, 0.15) is 200 Å². The van der Waals surface area contributed by atoms with Crippen LogP contribution >= 0.6 is 0 Å². The predicted molar refractivity (Wildman–Crippen MR) is 196 cm³/mol. The second-order valence-electron chi connectivity index (χ2n) is 14.0. The van der Waals surface area contributed by atoms with Gasteiger partial charge in [-0.25, -0.2) is 0 Å². The highest BCUT2D eigenvalue weighted by Crippen LogP contribution is 2.51. The van der Waals surface area contributed by atoms with Gasteiger partial charge in [0.2, 0.25) is 0 Å². The lowest BCUT2D eigenvalue weighted by Crippen LogP contribution is -2.30. The fraction of sp³-hybridized carbons (Fsp3) is 0.810. The van der Waals surface area contributed by atoms with Gasteiger partial charge >= 0.3 is 0 Å². The van der Waals surface area contributed by atoms with Gasteiger partial charge in [-0.15, -0.1) is 0 Å². The Morgan fingerprint density at radius 3 is 1.20 bits per heavy atom. The number of allylic oxidation sites excluding steroid dienone is 8. The van der Waals surface area contributed by atoms with Crippen LogP contribution in [0.2, 0.25) is 0 Å². The number of rotatable bonds is 31. The molecule has 0 amide bonds. The van der Waals surface area contributed by atoms with E-state index in [0.29, 0.717) is 5.41 Å². The average molecular weight is 613 g/mol. The van der Waals surface area contributed by atoms with E-state index in [9.17, 15) is 5.11 Å². The van der Waals surface area contributed by atoms with Gasteiger partial charge in [0.1, 0.15) is 0 Å². The SMILES string of the molecule is CCCCC/C=C\C/C=C\CCCCCCCCC1(CCCCCCCC/C=C\C/C=C\CCCCC)CCC(O)(OC)C1. The Kier molecular flexibility index (Phi) is 27.2. The summed E-state index contributed by atoms with van der Waals surface area (Å²) >= 11 is 0. The van der Waals surface area contributed by atoms with E-state index in [0.717, 1.165) is 32.1 Å². The molecule has 0 aromatic rings. The summed E-state index contributed by atoms with van der Waals surface area (Å²) in [5, 5.41) is 10.9. The van der Waals surface area contributed by atoms with Crippen molar-refractivity contribution in [3.8, 4) is 0 Å². The standard InChI is InChI=1S/C42H76O2/c1-4-6-8-10-12-14-16-18-20-22-24-26-28-30-32-34-36-41(38-39-42(43,40-41)44-3)37-35-33-31-29-27-25-23-21-19-17-15-13-11-9-7-5-2/h12-15,18-21,43H,4-11,16-17,22-40H2,1-3H3/b14-12-,15-13-,20-18-,21-19-. The fourth-order valence-electron chi connectivity index (χ4n) is 6.93. The van der Waals surface area contributed by atoms with Crippen LogP contribution < -0.4 is 0 Å². The molecular weight excluding hydrogens is 536 g/mol. The lowest BCUT2D eigenvalue weighted by molar-refractivity contribution is -0.184. The highest BCUT2D eigenvalue weighted by Gasteiger charge is 2.46. The summed E-state index contributed by atoms with van der Waals surface area (Å²) in [5.41, 5.74) is 0.301. The van der Waals surface area contributed by atoms with Crippen molar-refractivity contribution in [2.45, 2.75) is 206 Å². The molecule has 0 aromatic carbocycles. The zero-order valence-corrected chi connectivity index (χ0v) is 30.0. The third kappa shape index (κ3) is 23.3. The van der Waals surface area contributed by atoms with Crippen molar-refractivity contribution in [3.63, 3.8) is 0 Å². The number of hydrogen-bond acceptors (Lipinski definition) is 2. The van der Waals surface area contributed by atoms with Gasteiger partial charge in [0.25, 0.3) is 0 Å². The molecule has 256 valence electrons. The minimum atomic E-state index is -0.878. The molecule has 1 rings (SSSR count).